The summed E-state index contributed by atoms with van der Waals surface area (Å²) >= 11 is 13.8. The Morgan fingerprint density at radius 1 is 1.09 bits per heavy atom. The summed E-state index contributed by atoms with van der Waals surface area (Å²) in [5, 5.41) is -0.847. The van der Waals surface area contributed by atoms with E-state index in [0.29, 0.717) is 17.0 Å². The second kappa shape index (κ2) is 15.3. The summed E-state index contributed by atoms with van der Waals surface area (Å²) in [5.74, 6) is -1.42. The highest BCUT2D eigenvalue weighted by atomic mass is 35.5. The van der Waals surface area contributed by atoms with E-state index >= 15 is 0 Å². The minimum Gasteiger partial charge on any atom is -0.870 e. The molecule has 2 aromatic carbocycles. The van der Waals surface area contributed by atoms with Gasteiger partial charge in [0, 0.05) is 24.3 Å². The maximum absolute atomic E-state index is 14.1. The molecule has 5 rings (SSSR count). The number of carbonyl (C=O) groups is 1. The Labute approximate surface area is 277 Å². The third-order valence-corrected chi connectivity index (χ3v) is 11.0. The van der Waals surface area contributed by atoms with Gasteiger partial charge in [0.25, 0.3) is 0 Å². The number of benzene rings is 2. The van der Waals surface area contributed by atoms with Gasteiger partial charge in [-0.15, -0.1) is 11.8 Å². The number of alkyl halides is 2. The Kier molecular flexibility index (Phi) is 11.9. The van der Waals surface area contributed by atoms with Crippen LogP contribution in [-0.4, -0.2) is 62.2 Å². The van der Waals surface area contributed by atoms with E-state index in [2.05, 4.69) is 9.72 Å². The van der Waals surface area contributed by atoms with Crippen LogP contribution >= 0.6 is 35.0 Å². The van der Waals surface area contributed by atoms with Crippen molar-refractivity contribution in [3.05, 3.63) is 75.8 Å². The van der Waals surface area contributed by atoms with E-state index in [-0.39, 0.29) is 58.1 Å². The van der Waals surface area contributed by atoms with Crippen LogP contribution in [0.5, 0.6) is 17.2 Å². The van der Waals surface area contributed by atoms with Crippen LogP contribution in [0.15, 0.2) is 53.7 Å². The highest BCUT2D eigenvalue weighted by molar-refractivity contribution is 8.02. The topological polar surface area (TPSA) is 136 Å². The zero-order valence-corrected chi connectivity index (χ0v) is 27.3. The average molecular weight is 726 g/mol. The van der Waals surface area contributed by atoms with Crippen molar-refractivity contribution in [3.63, 3.8) is 0 Å². The second-order valence-corrected chi connectivity index (χ2v) is 14.1. The number of ether oxygens (including phenoxy) is 4. The Morgan fingerprint density at radius 2 is 1.78 bits per heavy atom. The summed E-state index contributed by atoms with van der Waals surface area (Å²) in [6.45, 7) is -2.87. The second-order valence-electron chi connectivity index (χ2n) is 10.2. The minimum absolute atomic E-state index is 0. The number of carbonyl (C=O) groups excluding carboxylic acids is 1. The molecule has 250 valence electrons. The number of aromatic nitrogens is 1. The molecule has 2 aliphatic rings. The molecular weight excluding hydrogens is 696 g/mol. The smallest absolute Gasteiger partial charge is 0.387 e. The number of aromatic amines is 1. The molecule has 2 N–H and O–H groups in total. The van der Waals surface area contributed by atoms with Gasteiger partial charge >= 0.3 is 12.6 Å². The molecule has 0 bridgehead atoms. The van der Waals surface area contributed by atoms with Gasteiger partial charge in [-0.25, -0.2) is 22.6 Å². The number of rotatable bonds is 13. The number of nitrogens with one attached hydrogen (secondary N) is 1. The number of sulfonamides is 1. The fraction of sp³-hybridized carbons (Fsp3) is 0.379. The zero-order valence-electron chi connectivity index (χ0n) is 24.1. The van der Waals surface area contributed by atoms with Crippen molar-refractivity contribution in [2.24, 2.45) is 5.92 Å². The van der Waals surface area contributed by atoms with Gasteiger partial charge in [-0.05, 0) is 54.7 Å². The van der Waals surface area contributed by atoms with Crippen LogP contribution in [0.1, 0.15) is 30.1 Å². The molecule has 0 unspecified atom stereocenters. The lowest BCUT2D eigenvalue weighted by Gasteiger charge is -2.26. The molecule has 1 aromatic heterocycles. The van der Waals surface area contributed by atoms with Gasteiger partial charge in [0.1, 0.15) is 32.6 Å². The van der Waals surface area contributed by atoms with E-state index in [0.717, 1.165) is 41.0 Å². The number of hydrogen-bond acceptors (Lipinski definition) is 9. The highest BCUT2D eigenvalue weighted by Crippen LogP contribution is 2.40. The van der Waals surface area contributed by atoms with Gasteiger partial charge < -0.3 is 24.4 Å². The summed E-state index contributed by atoms with van der Waals surface area (Å²) in [6, 6.07) is 7.22. The van der Waals surface area contributed by atoms with Gasteiger partial charge in [0.15, 0.2) is 29.3 Å². The molecule has 0 amide bonds. The Balaban J connectivity index is 0.00000480. The Hall–Kier alpha value is -2.95. The third-order valence-electron chi connectivity index (χ3n) is 7.13. The first kappa shape index (κ1) is 35.9. The Morgan fingerprint density at radius 3 is 2.43 bits per heavy atom. The molecule has 1 aliphatic carbocycles. The SMILES string of the molecule is COc1ccc(F)cc1S(=O)(=O)N1CCS[C@H]1C(=O)O[C@@H](Cc1c(Cl)c[nH+]cc1Cl)c1ccc(OC(F)F)c(OCC2CC2)c1.[OH-]. The average Bonchev–Trinajstić information content (AvgIpc) is 3.69. The normalized spacial score (nSPS) is 17.3. The van der Waals surface area contributed by atoms with Gasteiger partial charge in [-0.1, -0.05) is 29.3 Å². The first-order chi connectivity index (χ1) is 21.5. The van der Waals surface area contributed by atoms with Gasteiger partial charge in [0.05, 0.1) is 13.7 Å². The number of esters is 1. The summed E-state index contributed by atoms with van der Waals surface area (Å²) in [4.78, 5) is 16.1. The summed E-state index contributed by atoms with van der Waals surface area (Å²) < 4.78 is 90.2. The number of nitrogens with zero attached hydrogens (tertiary/aromatic N) is 1. The maximum Gasteiger partial charge on any atom is 0.387 e. The monoisotopic (exact) mass is 724 g/mol. The van der Waals surface area contributed by atoms with Crippen molar-refractivity contribution in [3.8, 4) is 17.2 Å². The predicted octanol–water partition coefficient (Wildman–Crippen LogP) is 5.76. The molecule has 1 saturated heterocycles. The molecule has 1 aliphatic heterocycles. The van der Waals surface area contributed by atoms with E-state index in [1.54, 1.807) is 0 Å². The minimum atomic E-state index is -4.41. The molecule has 0 radical (unpaired) electrons. The van der Waals surface area contributed by atoms with Crippen molar-refractivity contribution in [1.29, 1.82) is 0 Å². The molecule has 2 fully saturated rings. The van der Waals surface area contributed by atoms with Crippen LogP contribution in [0.4, 0.5) is 13.2 Å². The number of methoxy groups -OCH3 is 1. The van der Waals surface area contributed by atoms with E-state index < -0.39 is 44.8 Å². The van der Waals surface area contributed by atoms with E-state index in [1.807, 2.05) is 0 Å². The first-order valence-corrected chi connectivity index (χ1v) is 17.0. The van der Waals surface area contributed by atoms with Crippen LogP contribution in [0.25, 0.3) is 0 Å². The van der Waals surface area contributed by atoms with Crippen molar-refractivity contribution in [2.45, 2.75) is 42.2 Å². The number of pyridine rings is 1. The number of H-pyrrole nitrogens is 1. The molecule has 17 heteroatoms. The Bertz CT molecular complexity index is 1650. The van der Waals surface area contributed by atoms with Crippen molar-refractivity contribution in [2.75, 3.05) is 26.0 Å². The molecule has 1 saturated carbocycles. The van der Waals surface area contributed by atoms with Gasteiger partial charge in [-0.2, -0.15) is 13.1 Å². The molecule has 10 nitrogen and oxygen atoms in total. The zero-order chi connectivity index (χ0) is 32.3. The van der Waals surface area contributed by atoms with Crippen molar-refractivity contribution >= 4 is 51.0 Å². The molecule has 0 spiro atoms. The molecule has 2 heterocycles. The lowest BCUT2D eigenvalue weighted by Crippen LogP contribution is -2.41. The highest BCUT2D eigenvalue weighted by Gasteiger charge is 2.43. The van der Waals surface area contributed by atoms with E-state index in [4.69, 9.17) is 37.4 Å². The van der Waals surface area contributed by atoms with Crippen LogP contribution in [0.3, 0.4) is 0 Å². The van der Waals surface area contributed by atoms with Crippen LogP contribution in [-0.2, 0) is 26.0 Å². The largest absolute Gasteiger partial charge is 0.870 e. The summed E-state index contributed by atoms with van der Waals surface area (Å²) in [5.41, 5.74) is 0.747. The lowest BCUT2D eigenvalue weighted by atomic mass is 10.0. The molecule has 2 atom stereocenters. The summed E-state index contributed by atoms with van der Waals surface area (Å²) in [6.07, 6.45) is 3.70. The van der Waals surface area contributed by atoms with Crippen molar-refractivity contribution < 1.29 is 55.8 Å². The quantitative estimate of drug-likeness (QED) is 0.202. The number of thioether (sulfide) groups is 1. The summed E-state index contributed by atoms with van der Waals surface area (Å²) in [7, 11) is -3.16. The molecule has 46 heavy (non-hydrogen) atoms. The standard InChI is InChI=1S/C29H27Cl2F3N2O7S2.H2O/c1-40-23-7-5-18(32)11-26(23)45(38,39)36-8-9-44-27(36)28(37)42-24(12-19-20(30)13-35-14-21(19)31)17-4-6-22(43-29(33)34)25(10-17)41-15-16-2-3-16;/h4-7,10-11,13-14,16,24,27,29H,2-3,8-9,12,15H2,1H3;1H2/t24-,27-;/m0./s1. The van der Waals surface area contributed by atoms with Crippen LogP contribution in [0.2, 0.25) is 10.0 Å². The van der Waals surface area contributed by atoms with Crippen LogP contribution < -0.4 is 19.2 Å². The lowest BCUT2D eigenvalue weighted by molar-refractivity contribution is -0.377. The van der Waals surface area contributed by atoms with Crippen LogP contribution in [0, 0.1) is 11.7 Å². The maximum atomic E-state index is 14.1. The first-order valence-electron chi connectivity index (χ1n) is 13.7. The molecule has 3 aromatic rings. The van der Waals surface area contributed by atoms with Crippen molar-refractivity contribution in [1.82, 2.24) is 4.31 Å². The molecular formula is C29H29Cl2F3N2O8S2. The van der Waals surface area contributed by atoms with E-state index in [9.17, 15) is 26.4 Å². The number of hydrogen-bond donors (Lipinski definition) is 0. The fourth-order valence-corrected chi connectivity index (χ4v) is 8.42. The third kappa shape index (κ3) is 8.30. The fourth-order valence-electron chi connectivity index (χ4n) is 4.67. The van der Waals surface area contributed by atoms with E-state index in [1.165, 1.54) is 43.8 Å². The van der Waals surface area contributed by atoms with Gasteiger partial charge in [0.2, 0.25) is 10.0 Å². The number of halogens is 5. The predicted molar refractivity (Wildman–Crippen MR) is 162 cm³/mol. The van der Waals surface area contributed by atoms with Gasteiger partial charge in [-0.3, -0.25) is 0 Å².